The van der Waals surface area contributed by atoms with E-state index in [0.29, 0.717) is 6.42 Å². The summed E-state index contributed by atoms with van der Waals surface area (Å²) in [5, 5.41) is 1.71. The van der Waals surface area contributed by atoms with Crippen LogP contribution in [0.4, 0.5) is 0 Å². The Morgan fingerprint density at radius 2 is 2.10 bits per heavy atom. The molecule has 0 saturated heterocycles. The van der Waals surface area contributed by atoms with Gasteiger partial charge in [0.2, 0.25) is 0 Å². The number of hydrogen-bond donors (Lipinski definition) is 0. The maximum atomic E-state index is 12.1. The van der Waals surface area contributed by atoms with Crippen molar-refractivity contribution in [2.45, 2.75) is 57.4 Å². The van der Waals surface area contributed by atoms with Crippen molar-refractivity contribution in [3.05, 3.63) is 16.8 Å². The zero-order chi connectivity index (χ0) is 15.6. The molecule has 0 fully saturated rings. The van der Waals surface area contributed by atoms with Crippen LogP contribution < -0.4 is 0 Å². The molecule has 0 aliphatic heterocycles. The molecular formula is C15H20N2O2S2. The van der Waals surface area contributed by atoms with Crippen LogP contribution in [0.3, 0.4) is 0 Å². The van der Waals surface area contributed by atoms with Crippen molar-refractivity contribution >= 4 is 39.3 Å². The number of thioether (sulfide) groups is 1. The van der Waals surface area contributed by atoms with E-state index in [1.54, 1.807) is 17.7 Å². The third kappa shape index (κ3) is 3.55. The van der Waals surface area contributed by atoms with E-state index < -0.39 is 0 Å². The summed E-state index contributed by atoms with van der Waals surface area (Å²) in [6.45, 7) is 9.88. The van der Waals surface area contributed by atoms with Crippen LogP contribution in [0.1, 0.15) is 37.6 Å². The number of thiophene rings is 1. The van der Waals surface area contributed by atoms with Crippen molar-refractivity contribution < 1.29 is 9.53 Å². The topological polar surface area (TPSA) is 52.1 Å². The van der Waals surface area contributed by atoms with Crippen molar-refractivity contribution in [2.75, 3.05) is 0 Å². The Labute approximate surface area is 133 Å². The number of aromatic nitrogens is 2. The predicted molar refractivity (Wildman–Crippen MR) is 88.1 cm³/mol. The minimum atomic E-state index is -0.231. The fourth-order valence-corrected chi connectivity index (χ4v) is 4.11. The molecule has 2 heterocycles. The number of hydrogen-bond acceptors (Lipinski definition) is 6. The summed E-state index contributed by atoms with van der Waals surface area (Å²) in [7, 11) is 0. The summed E-state index contributed by atoms with van der Waals surface area (Å²) in [5.74, 6) is -0.172. The Kier molecular flexibility index (Phi) is 5.22. The highest BCUT2D eigenvalue weighted by atomic mass is 32.2. The minimum Gasteiger partial charge on any atom is -0.462 e. The summed E-state index contributed by atoms with van der Waals surface area (Å²) in [5.41, 5.74) is 1.20. The van der Waals surface area contributed by atoms with Gasteiger partial charge in [0, 0.05) is 10.3 Å². The fraction of sp³-hybridized carbons (Fsp3) is 0.533. The third-order valence-electron chi connectivity index (χ3n) is 3.17. The van der Waals surface area contributed by atoms with Gasteiger partial charge in [0.25, 0.3) is 0 Å². The Morgan fingerprint density at radius 3 is 2.71 bits per heavy atom. The number of fused-ring (bicyclic) bond motifs is 1. The highest BCUT2D eigenvalue weighted by molar-refractivity contribution is 8.00. The van der Waals surface area contributed by atoms with Crippen molar-refractivity contribution in [2.24, 2.45) is 0 Å². The maximum Gasteiger partial charge on any atom is 0.319 e. The summed E-state index contributed by atoms with van der Waals surface area (Å²) < 4.78 is 5.32. The van der Waals surface area contributed by atoms with Gasteiger partial charge in [-0.2, -0.15) is 0 Å². The maximum absolute atomic E-state index is 12.1. The summed E-state index contributed by atoms with van der Waals surface area (Å²) in [6.07, 6.45) is 2.19. The molecule has 2 rings (SSSR count). The zero-order valence-corrected chi connectivity index (χ0v) is 14.6. The largest absolute Gasteiger partial charge is 0.462 e. The van der Waals surface area contributed by atoms with E-state index in [1.165, 1.54) is 22.2 Å². The molecule has 0 aromatic carbocycles. The first-order valence-electron chi connectivity index (χ1n) is 7.01. The molecule has 6 heteroatoms. The fourth-order valence-electron chi connectivity index (χ4n) is 1.98. The van der Waals surface area contributed by atoms with Gasteiger partial charge in [-0.25, -0.2) is 9.97 Å². The Hall–Kier alpha value is -1.14. The van der Waals surface area contributed by atoms with Crippen molar-refractivity contribution in [1.82, 2.24) is 9.97 Å². The van der Waals surface area contributed by atoms with Crippen LogP contribution >= 0.6 is 23.1 Å². The smallest absolute Gasteiger partial charge is 0.319 e. The van der Waals surface area contributed by atoms with Gasteiger partial charge in [-0.15, -0.1) is 11.3 Å². The molecule has 0 spiro atoms. The number of carbonyl (C=O) groups is 1. The van der Waals surface area contributed by atoms with E-state index in [9.17, 15) is 4.79 Å². The molecule has 2 aromatic heterocycles. The second kappa shape index (κ2) is 6.75. The van der Waals surface area contributed by atoms with E-state index in [2.05, 4.69) is 23.8 Å². The van der Waals surface area contributed by atoms with Crippen LogP contribution in [0.25, 0.3) is 10.2 Å². The molecule has 0 saturated carbocycles. The predicted octanol–water partition coefficient (Wildman–Crippen LogP) is 4.13. The second-order valence-corrected chi connectivity index (χ2v) is 7.54. The first-order valence-corrected chi connectivity index (χ1v) is 8.71. The first kappa shape index (κ1) is 16.2. The lowest BCUT2D eigenvalue weighted by Gasteiger charge is -2.15. The Balaban J connectivity index is 2.31. The van der Waals surface area contributed by atoms with E-state index in [4.69, 9.17) is 4.74 Å². The third-order valence-corrected chi connectivity index (χ3v) is 5.63. The molecule has 0 amide bonds. The molecule has 21 heavy (non-hydrogen) atoms. The number of nitrogens with zero attached hydrogens (tertiary/aromatic N) is 2. The average Bonchev–Trinajstić information content (AvgIpc) is 2.71. The lowest BCUT2D eigenvalue weighted by Crippen LogP contribution is -2.22. The quantitative estimate of drug-likeness (QED) is 0.470. The molecule has 0 unspecified atom stereocenters. The number of rotatable bonds is 5. The molecule has 2 aromatic rings. The average molecular weight is 324 g/mol. The first-order chi connectivity index (χ1) is 9.93. The van der Waals surface area contributed by atoms with Crippen LogP contribution in [-0.4, -0.2) is 27.3 Å². The van der Waals surface area contributed by atoms with Crippen LogP contribution in [0.2, 0.25) is 0 Å². The summed E-state index contributed by atoms with van der Waals surface area (Å²) >= 11 is 3.14. The molecule has 0 radical (unpaired) electrons. The van der Waals surface area contributed by atoms with Gasteiger partial charge in [-0.3, -0.25) is 4.79 Å². The second-order valence-electron chi connectivity index (χ2n) is 5.14. The molecular weight excluding hydrogens is 304 g/mol. The van der Waals surface area contributed by atoms with Gasteiger partial charge < -0.3 is 4.74 Å². The zero-order valence-electron chi connectivity index (χ0n) is 13.0. The molecule has 0 bridgehead atoms. The van der Waals surface area contributed by atoms with Gasteiger partial charge in [0.05, 0.1) is 6.10 Å². The van der Waals surface area contributed by atoms with Crippen molar-refractivity contribution in [3.63, 3.8) is 0 Å². The lowest BCUT2D eigenvalue weighted by atomic mass is 10.2. The monoisotopic (exact) mass is 324 g/mol. The summed E-state index contributed by atoms with van der Waals surface area (Å²) in [6, 6.07) is 0. The van der Waals surface area contributed by atoms with Gasteiger partial charge in [0.1, 0.15) is 21.4 Å². The van der Waals surface area contributed by atoms with Crippen molar-refractivity contribution in [1.29, 1.82) is 0 Å². The molecule has 0 aliphatic rings. The van der Waals surface area contributed by atoms with Gasteiger partial charge >= 0.3 is 5.97 Å². The molecule has 114 valence electrons. The number of ether oxygens (including phenoxy) is 1. The lowest BCUT2D eigenvalue weighted by molar-refractivity contribution is -0.146. The van der Waals surface area contributed by atoms with Crippen molar-refractivity contribution in [3.8, 4) is 0 Å². The molecule has 0 aliphatic carbocycles. The molecule has 4 nitrogen and oxygen atoms in total. The molecule has 1 atom stereocenters. The van der Waals surface area contributed by atoms with E-state index in [-0.39, 0.29) is 17.3 Å². The highest BCUT2D eigenvalue weighted by Crippen LogP contribution is 2.36. The van der Waals surface area contributed by atoms with Crippen LogP contribution in [0, 0.1) is 13.8 Å². The normalized spacial score (nSPS) is 12.9. The van der Waals surface area contributed by atoms with E-state index >= 15 is 0 Å². The van der Waals surface area contributed by atoms with Gasteiger partial charge in [0.15, 0.2) is 0 Å². The minimum absolute atomic E-state index is 0.0947. The number of aryl methyl sites for hydroxylation is 2. The highest BCUT2D eigenvalue weighted by Gasteiger charge is 2.23. The van der Waals surface area contributed by atoms with Gasteiger partial charge in [-0.1, -0.05) is 18.7 Å². The molecule has 0 N–H and O–H groups in total. The standard InChI is InChI=1S/C15H20N2O2S2/c1-6-11(15(18)19-8(2)3)21-14-12-9(4)10(5)20-13(12)16-7-17-14/h7-8,11H,6H2,1-5H3/t11-/m0/s1. The van der Waals surface area contributed by atoms with Crippen LogP contribution in [0.5, 0.6) is 0 Å². The number of esters is 1. The van der Waals surface area contributed by atoms with Crippen LogP contribution in [-0.2, 0) is 9.53 Å². The SMILES string of the molecule is CC[C@H](Sc1ncnc2sc(C)c(C)c12)C(=O)OC(C)C. The van der Waals surface area contributed by atoms with E-state index in [0.717, 1.165) is 15.2 Å². The Bertz CT molecular complexity index is 652. The van der Waals surface area contributed by atoms with Crippen LogP contribution in [0.15, 0.2) is 11.4 Å². The van der Waals surface area contributed by atoms with E-state index in [1.807, 2.05) is 20.8 Å². The number of carbonyl (C=O) groups excluding carboxylic acids is 1. The summed E-state index contributed by atoms with van der Waals surface area (Å²) in [4.78, 5) is 23.1. The van der Waals surface area contributed by atoms with Gasteiger partial charge in [-0.05, 0) is 39.7 Å². The Morgan fingerprint density at radius 1 is 1.38 bits per heavy atom.